The maximum Gasteiger partial charge on any atom is 0.275 e. The van der Waals surface area contributed by atoms with E-state index in [4.69, 9.17) is 9.15 Å². The number of methoxy groups -OCH3 is 1. The summed E-state index contributed by atoms with van der Waals surface area (Å²) >= 11 is 0. The van der Waals surface area contributed by atoms with Gasteiger partial charge >= 0.3 is 0 Å². The zero-order valence-corrected chi connectivity index (χ0v) is 16.4. The van der Waals surface area contributed by atoms with E-state index in [1.54, 1.807) is 6.07 Å². The number of hydrogen-bond donors (Lipinski definition) is 2. The number of amides is 1. The lowest BCUT2D eigenvalue weighted by atomic mass is 10.2. The monoisotopic (exact) mass is 385 g/mol. The Morgan fingerprint density at radius 1 is 1.25 bits per heavy atom. The lowest BCUT2D eigenvalue weighted by Gasteiger charge is -2.19. The minimum absolute atomic E-state index is 0.0706. The van der Waals surface area contributed by atoms with Gasteiger partial charge in [0, 0.05) is 10.9 Å². The van der Waals surface area contributed by atoms with E-state index in [1.165, 1.54) is 13.2 Å². The van der Waals surface area contributed by atoms with E-state index >= 15 is 0 Å². The number of halogens is 1. The maximum absolute atomic E-state index is 13.9. The summed E-state index contributed by atoms with van der Waals surface area (Å²) in [4.78, 5) is 13.5. The van der Waals surface area contributed by atoms with E-state index in [2.05, 4.69) is 5.32 Å². The minimum atomic E-state index is -0.390. The molecule has 2 atom stereocenters. The fourth-order valence-electron chi connectivity index (χ4n) is 3.23. The van der Waals surface area contributed by atoms with Crippen LogP contribution in [0.3, 0.4) is 0 Å². The Hall–Kier alpha value is -2.86. The van der Waals surface area contributed by atoms with Crippen LogP contribution >= 0.6 is 0 Å². The first-order valence-corrected chi connectivity index (χ1v) is 9.44. The molecule has 1 amide bonds. The normalized spacial score (nSPS) is 13.3. The second-order valence-electron chi connectivity index (χ2n) is 6.90. The van der Waals surface area contributed by atoms with E-state index in [9.17, 15) is 9.18 Å². The van der Waals surface area contributed by atoms with Crippen molar-refractivity contribution in [1.29, 1.82) is 0 Å². The lowest BCUT2D eigenvalue weighted by molar-refractivity contribution is -0.904. The maximum atomic E-state index is 13.9. The number of para-hydroxylation sites is 1. The first-order chi connectivity index (χ1) is 13.5. The van der Waals surface area contributed by atoms with Crippen LogP contribution in [0.1, 0.15) is 31.2 Å². The smallest absolute Gasteiger partial charge is 0.275 e. The van der Waals surface area contributed by atoms with Crippen molar-refractivity contribution in [3.05, 3.63) is 65.7 Å². The highest BCUT2D eigenvalue weighted by atomic mass is 19.1. The molecular formula is C22H26FN2O3+. The largest absolute Gasteiger partial charge is 0.494 e. The molecule has 6 heteroatoms. The van der Waals surface area contributed by atoms with Gasteiger partial charge in [-0.25, -0.2) is 4.39 Å². The zero-order valence-electron chi connectivity index (χ0n) is 16.4. The SMILES string of the molecule is CC[NH+](CC(=O)N[C@@H](C)c1cc2ccccc2o1)Cc1ccc(OC)c(F)c1. The number of carbonyl (C=O) groups excluding carboxylic acids is 1. The molecule has 5 nitrogen and oxygen atoms in total. The van der Waals surface area contributed by atoms with E-state index in [0.29, 0.717) is 13.1 Å². The van der Waals surface area contributed by atoms with Crippen LogP contribution in [0.25, 0.3) is 11.0 Å². The first kappa shape index (κ1) is 19.9. The van der Waals surface area contributed by atoms with Gasteiger partial charge in [-0.05, 0) is 44.2 Å². The Bertz CT molecular complexity index is 921. The molecule has 0 aliphatic carbocycles. The van der Waals surface area contributed by atoms with Gasteiger partial charge in [0.05, 0.1) is 19.7 Å². The van der Waals surface area contributed by atoms with Crippen LogP contribution in [0, 0.1) is 5.82 Å². The highest BCUT2D eigenvalue weighted by Gasteiger charge is 2.18. The molecule has 2 N–H and O–H groups in total. The van der Waals surface area contributed by atoms with E-state index < -0.39 is 5.82 Å². The number of benzene rings is 2. The van der Waals surface area contributed by atoms with Crippen molar-refractivity contribution in [2.75, 3.05) is 20.2 Å². The number of quaternary nitrogens is 1. The Balaban J connectivity index is 1.59. The third-order valence-electron chi connectivity index (χ3n) is 4.83. The van der Waals surface area contributed by atoms with Gasteiger partial charge in [0.1, 0.15) is 17.9 Å². The quantitative estimate of drug-likeness (QED) is 0.627. The summed E-state index contributed by atoms with van der Waals surface area (Å²) < 4.78 is 24.7. The number of furan rings is 1. The molecule has 0 aliphatic rings. The van der Waals surface area contributed by atoms with Crippen LogP contribution in [-0.2, 0) is 11.3 Å². The van der Waals surface area contributed by atoms with Gasteiger partial charge in [0.2, 0.25) is 0 Å². The molecule has 0 aliphatic heterocycles. The number of hydrogen-bond acceptors (Lipinski definition) is 3. The summed E-state index contributed by atoms with van der Waals surface area (Å²) in [7, 11) is 1.44. The predicted molar refractivity (Wildman–Crippen MR) is 106 cm³/mol. The Kier molecular flexibility index (Phi) is 6.31. The lowest BCUT2D eigenvalue weighted by Crippen LogP contribution is -3.11. The fraction of sp³-hybridized carbons (Fsp3) is 0.318. The van der Waals surface area contributed by atoms with Crippen LogP contribution in [-0.4, -0.2) is 26.1 Å². The molecule has 0 fully saturated rings. The number of nitrogens with one attached hydrogen (secondary N) is 2. The topological polar surface area (TPSA) is 55.9 Å². The summed E-state index contributed by atoms with van der Waals surface area (Å²) in [6.45, 7) is 5.52. The number of rotatable bonds is 8. The predicted octanol–water partition coefficient (Wildman–Crippen LogP) is 2.86. The number of likely N-dealkylation sites (N-methyl/N-ethyl adjacent to an activating group) is 1. The average molecular weight is 385 g/mol. The summed E-state index contributed by atoms with van der Waals surface area (Å²) in [6.07, 6.45) is 0. The number of fused-ring (bicyclic) bond motifs is 1. The van der Waals surface area contributed by atoms with Crippen LogP contribution in [0.5, 0.6) is 5.75 Å². The van der Waals surface area contributed by atoms with Gasteiger partial charge < -0.3 is 19.4 Å². The van der Waals surface area contributed by atoms with Crippen LogP contribution in [0.2, 0.25) is 0 Å². The van der Waals surface area contributed by atoms with Gasteiger partial charge in [-0.15, -0.1) is 0 Å². The van der Waals surface area contributed by atoms with Gasteiger partial charge in [0.25, 0.3) is 5.91 Å². The van der Waals surface area contributed by atoms with Crippen molar-refractivity contribution in [3.63, 3.8) is 0 Å². The average Bonchev–Trinajstić information content (AvgIpc) is 3.12. The molecule has 28 heavy (non-hydrogen) atoms. The van der Waals surface area contributed by atoms with Gasteiger partial charge in [-0.2, -0.15) is 0 Å². The third kappa shape index (κ3) is 4.70. The van der Waals surface area contributed by atoms with Crippen molar-refractivity contribution in [2.24, 2.45) is 0 Å². The molecule has 1 unspecified atom stereocenters. The van der Waals surface area contributed by atoms with E-state index in [1.807, 2.05) is 50.2 Å². The molecule has 2 aromatic carbocycles. The van der Waals surface area contributed by atoms with Crippen LogP contribution in [0.15, 0.2) is 52.9 Å². The van der Waals surface area contributed by atoms with Crippen molar-refractivity contribution >= 4 is 16.9 Å². The minimum Gasteiger partial charge on any atom is -0.494 e. The highest BCUT2D eigenvalue weighted by molar-refractivity contribution is 5.79. The Labute approximate surface area is 164 Å². The molecule has 0 radical (unpaired) electrons. The highest BCUT2D eigenvalue weighted by Crippen LogP contribution is 2.23. The van der Waals surface area contributed by atoms with Gasteiger partial charge in [-0.3, -0.25) is 4.79 Å². The molecule has 0 bridgehead atoms. The fourth-order valence-corrected chi connectivity index (χ4v) is 3.23. The van der Waals surface area contributed by atoms with Crippen LogP contribution < -0.4 is 15.0 Å². The summed E-state index contributed by atoms with van der Waals surface area (Å²) in [5, 5.41) is 4.00. The van der Waals surface area contributed by atoms with Crippen LogP contribution in [0.4, 0.5) is 4.39 Å². The molecule has 0 spiro atoms. The second-order valence-corrected chi connectivity index (χ2v) is 6.90. The standard InChI is InChI=1S/C22H25FN2O3/c1-4-25(13-16-9-10-20(27-3)18(23)11-16)14-22(26)24-15(2)21-12-17-7-5-6-8-19(17)28-21/h5-12,15H,4,13-14H2,1-3H3,(H,24,26)/p+1/t15-/m0/s1. The van der Waals surface area contributed by atoms with E-state index in [-0.39, 0.29) is 17.7 Å². The summed E-state index contributed by atoms with van der Waals surface area (Å²) in [5.74, 6) is 0.487. The molecular weight excluding hydrogens is 359 g/mol. The van der Waals surface area contributed by atoms with E-state index in [0.717, 1.165) is 33.7 Å². The van der Waals surface area contributed by atoms with Crippen molar-refractivity contribution in [1.82, 2.24) is 5.32 Å². The van der Waals surface area contributed by atoms with Crippen molar-refractivity contribution < 1.29 is 23.2 Å². The number of carbonyl (C=O) groups is 1. The number of ether oxygens (including phenoxy) is 1. The van der Waals surface area contributed by atoms with Gasteiger partial charge in [0.15, 0.2) is 18.1 Å². The molecule has 3 aromatic rings. The molecule has 1 aromatic heterocycles. The molecule has 0 saturated heterocycles. The Morgan fingerprint density at radius 3 is 2.71 bits per heavy atom. The molecule has 0 saturated carbocycles. The molecule has 1 heterocycles. The second kappa shape index (κ2) is 8.89. The molecule has 3 rings (SSSR count). The Morgan fingerprint density at radius 2 is 2.04 bits per heavy atom. The molecule has 148 valence electrons. The summed E-state index contributed by atoms with van der Waals surface area (Å²) in [5.41, 5.74) is 1.63. The van der Waals surface area contributed by atoms with Crippen molar-refractivity contribution in [3.8, 4) is 5.75 Å². The van der Waals surface area contributed by atoms with Gasteiger partial charge in [-0.1, -0.05) is 18.2 Å². The zero-order chi connectivity index (χ0) is 20.1. The first-order valence-electron chi connectivity index (χ1n) is 9.44. The van der Waals surface area contributed by atoms with Crippen molar-refractivity contribution in [2.45, 2.75) is 26.4 Å². The third-order valence-corrected chi connectivity index (χ3v) is 4.83. The summed E-state index contributed by atoms with van der Waals surface area (Å²) in [6, 6.07) is 14.4.